The first-order valence-electron chi connectivity index (χ1n) is 6.55. The first kappa shape index (κ1) is 14.3. The van der Waals surface area contributed by atoms with Crippen LogP contribution in [0.5, 0.6) is 0 Å². The molecule has 0 spiro atoms. The van der Waals surface area contributed by atoms with Crippen LogP contribution in [0.1, 0.15) is 30.6 Å². The topological polar surface area (TPSA) is 67.2 Å². The van der Waals surface area contributed by atoms with Gasteiger partial charge in [0, 0.05) is 18.3 Å². The molecule has 0 saturated heterocycles. The maximum atomic E-state index is 12.1. The monoisotopic (exact) mass is 273 g/mol. The van der Waals surface area contributed by atoms with Crippen LogP contribution in [0.2, 0.25) is 0 Å². The Morgan fingerprint density at radius 3 is 2.70 bits per heavy atom. The SMILES string of the molecule is CC(C)(CCO)NC(=O)c1cnn(-c2ccccc2)c1. The summed E-state index contributed by atoms with van der Waals surface area (Å²) < 4.78 is 1.66. The molecule has 0 aliphatic heterocycles. The normalized spacial score (nSPS) is 11.3. The van der Waals surface area contributed by atoms with Crippen molar-refractivity contribution in [1.29, 1.82) is 0 Å². The Labute approximate surface area is 118 Å². The van der Waals surface area contributed by atoms with Crippen molar-refractivity contribution in [2.24, 2.45) is 0 Å². The number of carbonyl (C=O) groups excluding carboxylic acids is 1. The number of carbonyl (C=O) groups is 1. The minimum atomic E-state index is -0.444. The van der Waals surface area contributed by atoms with E-state index in [1.807, 2.05) is 44.2 Å². The van der Waals surface area contributed by atoms with E-state index in [4.69, 9.17) is 5.11 Å². The van der Waals surface area contributed by atoms with Crippen molar-refractivity contribution in [2.45, 2.75) is 25.8 Å². The number of benzene rings is 1. The fourth-order valence-corrected chi connectivity index (χ4v) is 1.88. The van der Waals surface area contributed by atoms with Crippen LogP contribution in [0.4, 0.5) is 0 Å². The molecule has 20 heavy (non-hydrogen) atoms. The number of aromatic nitrogens is 2. The number of hydrogen-bond acceptors (Lipinski definition) is 3. The Balaban J connectivity index is 2.11. The highest BCUT2D eigenvalue weighted by molar-refractivity contribution is 5.94. The highest BCUT2D eigenvalue weighted by Gasteiger charge is 2.21. The molecule has 0 fully saturated rings. The van der Waals surface area contributed by atoms with Gasteiger partial charge in [0.05, 0.1) is 17.4 Å². The lowest BCUT2D eigenvalue weighted by Gasteiger charge is -2.24. The Morgan fingerprint density at radius 1 is 1.35 bits per heavy atom. The summed E-state index contributed by atoms with van der Waals surface area (Å²) in [6.45, 7) is 3.79. The molecule has 5 heteroatoms. The van der Waals surface area contributed by atoms with Gasteiger partial charge in [-0.25, -0.2) is 4.68 Å². The van der Waals surface area contributed by atoms with E-state index < -0.39 is 5.54 Å². The summed E-state index contributed by atoms with van der Waals surface area (Å²) in [6, 6.07) is 9.61. The van der Waals surface area contributed by atoms with Crippen molar-refractivity contribution in [3.8, 4) is 5.69 Å². The fraction of sp³-hybridized carbons (Fsp3) is 0.333. The second-order valence-electron chi connectivity index (χ2n) is 5.32. The lowest BCUT2D eigenvalue weighted by Crippen LogP contribution is -2.43. The van der Waals surface area contributed by atoms with Crippen molar-refractivity contribution in [2.75, 3.05) is 6.61 Å². The second-order valence-corrected chi connectivity index (χ2v) is 5.32. The molecule has 1 aromatic carbocycles. The van der Waals surface area contributed by atoms with E-state index in [1.165, 1.54) is 6.20 Å². The molecule has 2 aromatic rings. The lowest BCUT2D eigenvalue weighted by molar-refractivity contribution is 0.0899. The van der Waals surface area contributed by atoms with Crippen LogP contribution in [0.15, 0.2) is 42.7 Å². The summed E-state index contributed by atoms with van der Waals surface area (Å²) in [5.41, 5.74) is 0.960. The van der Waals surface area contributed by atoms with E-state index in [9.17, 15) is 4.79 Å². The largest absolute Gasteiger partial charge is 0.396 e. The number of aliphatic hydroxyl groups is 1. The average Bonchev–Trinajstić information content (AvgIpc) is 2.88. The van der Waals surface area contributed by atoms with Gasteiger partial charge in [-0.15, -0.1) is 0 Å². The lowest BCUT2D eigenvalue weighted by atomic mass is 10.0. The van der Waals surface area contributed by atoms with Gasteiger partial charge in [-0.05, 0) is 32.4 Å². The van der Waals surface area contributed by atoms with Gasteiger partial charge in [0.25, 0.3) is 5.91 Å². The number of hydrogen-bond donors (Lipinski definition) is 2. The molecule has 2 N–H and O–H groups in total. The Kier molecular flexibility index (Phi) is 4.20. The van der Waals surface area contributed by atoms with E-state index in [0.717, 1.165) is 5.69 Å². The average molecular weight is 273 g/mol. The molecule has 1 heterocycles. The minimum Gasteiger partial charge on any atom is -0.396 e. The summed E-state index contributed by atoms with van der Waals surface area (Å²) in [4.78, 5) is 12.1. The standard InChI is InChI=1S/C15H19N3O2/c1-15(2,8-9-19)17-14(20)12-10-16-18(11-12)13-6-4-3-5-7-13/h3-7,10-11,19H,8-9H2,1-2H3,(H,17,20). The van der Waals surface area contributed by atoms with Crippen molar-refractivity contribution in [3.63, 3.8) is 0 Å². The second kappa shape index (κ2) is 5.88. The quantitative estimate of drug-likeness (QED) is 0.872. The molecule has 0 radical (unpaired) electrons. The number of nitrogens with one attached hydrogen (secondary N) is 1. The van der Waals surface area contributed by atoms with Gasteiger partial charge in [0.15, 0.2) is 0 Å². The van der Waals surface area contributed by atoms with Crippen LogP contribution in [0.25, 0.3) is 5.69 Å². The molecule has 0 aliphatic carbocycles. The number of aliphatic hydroxyl groups excluding tert-OH is 1. The molecule has 1 aromatic heterocycles. The van der Waals surface area contributed by atoms with E-state index in [-0.39, 0.29) is 12.5 Å². The van der Waals surface area contributed by atoms with Crippen LogP contribution in [0, 0.1) is 0 Å². The summed E-state index contributed by atoms with van der Waals surface area (Å²) in [5, 5.41) is 16.0. The maximum absolute atomic E-state index is 12.1. The first-order chi connectivity index (χ1) is 9.52. The highest BCUT2D eigenvalue weighted by Crippen LogP contribution is 2.11. The third-order valence-electron chi connectivity index (χ3n) is 3.05. The van der Waals surface area contributed by atoms with Crippen LogP contribution < -0.4 is 5.32 Å². The van der Waals surface area contributed by atoms with Crippen LogP contribution in [-0.4, -0.2) is 32.9 Å². The molecule has 2 rings (SSSR count). The molecule has 1 amide bonds. The van der Waals surface area contributed by atoms with Crippen molar-refractivity contribution < 1.29 is 9.90 Å². The van der Waals surface area contributed by atoms with E-state index in [1.54, 1.807) is 10.9 Å². The van der Waals surface area contributed by atoms with E-state index in [0.29, 0.717) is 12.0 Å². The third kappa shape index (κ3) is 3.45. The Hall–Kier alpha value is -2.14. The third-order valence-corrected chi connectivity index (χ3v) is 3.05. The minimum absolute atomic E-state index is 0.0383. The molecule has 0 unspecified atom stereocenters. The molecule has 0 aliphatic rings. The smallest absolute Gasteiger partial charge is 0.254 e. The summed E-state index contributed by atoms with van der Waals surface area (Å²) >= 11 is 0. The summed E-state index contributed by atoms with van der Waals surface area (Å²) in [6.07, 6.45) is 3.74. The summed E-state index contributed by atoms with van der Waals surface area (Å²) in [5.74, 6) is -0.189. The predicted molar refractivity (Wildman–Crippen MR) is 76.8 cm³/mol. The van der Waals surface area contributed by atoms with Crippen molar-refractivity contribution >= 4 is 5.91 Å². The zero-order valence-corrected chi connectivity index (χ0v) is 11.7. The van der Waals surface area contributed by atoms with Gasteiger partial charge in [-0.1, -0.05) is 18.2 Å². The van der Waals surface area contributed by atoms with Gasteiger partial charge in [0.2, 0.25) is 0 Å². The maximum Gasteiger partial charge on any atom is 0.254 e. The molecule has 5 nitrogen and oxygen atoms in total. The molecular weight excluding hydrogens is 254 g/mol. The predicted octanol–water partition coefficient (Wildman–Crippen LogP) is 1.76. The zero-order chi connectivity index (χ0) is 14.6. The van der Waals surface area contributed by atoms with Crippen molar-refractivity contribution in [1.82, 2.24) is 15.1 Å². The van der Waals surface area contributed by atoms with Gasteiger partial charge in [0.1, 0.15) is 0 Å². The van der Waals surface area contributed by atoms with Crippen LogP contribution >= 0.6 is 0 Å². The molecule has 0 bridgehead atoms. The van der Waals surface area contributed by atoms with E-state index >= 15 is 0 Å². The highest BCUT2D eigenvalue weighted by atomic mass is 16.3. The Bertz CT molecular complexity index is 576. The van der Waals surface area contributed by atoms with Gasteiger partial charge >= 0.3 is 0 Å². The van der Waals surface area contributed by atoms with Gasteiger partial charge in [-0.3, -0.25) is 4.79 Å². The Morgan fingerprint density at radius 2 is 2.05 bits per heavy atom. The molecular formula is C15H19N3O2. The fourth-order valence-electron chi connectivity index (χ4n) is 1.88. The van der Waals surface area contributed by atoms with Gasteiger partial charge in [-0.2, -0.15) is 5.10 Å². The number of para-hydroxylation sites is 1. The van der Waals surface area contributed by atoms with E-state index in [2.05, 4.69) is 10.4 Å². The van der Waals surface area contributed by atoms with Crippen LogP contribution in [-0.2, 0) is 0 Å². The molecule has 0 atom stereocenters. The van der Waals surface area contributed by atoms with Crippen molar-refractivity contribution in [3.05, 3.63) is 48.3 Å². The zero-order valence-electron chi connectivity index (χ0n) is 11.7. The molecule has 106 valence electrons. The number of amides is 1. The number of rotatable bonds is 5. The van der Waals surface area contributed by atoms with Gasteiger partial charge < -0.3 is 10.4 Å². The first-order valence-corrected chi connectivity index (χ1v) is 6.55. The summed E-state index contributed by atoms with van der Waals surface area (Å²) in [7, 11) is 0. The van der Waals surface area contributed by atoms with Crippen LogP contribution in [0.3, 0.4) is 0 Å². The molecule has 0 saturated carbocycles. The number of nitrogens with zero attached hydrogens (tertiary/aromatic N) is 2.